The van der Waals surface area contributed by atoms with Crippen molar-refractivity contribution < 1.29 is 28.5 Å². The van der Waals surface area contributed by atoms with Gasteiger partial charge in [-0.05, 0) is 42.8 Å². The molecule has 0 radical (unpaired) electrons. The summed E-state index contributed by atoms with van der Waals surface area (Å²) in [6.07, 6.45) is 1.83. The fraction of sp³-hybridized carbons (Fsp3) is 0.238. The number of carbonyl (C=O) groups excluding carboxylic acids is 2. The van der Waals surface area contributed by atoms with E-state index in [1.54, 1.807) is 55.7 Å². The van der Waals surface area contributed by atoms with E-state index in [4.69, 9.17) is 18.9 Å². The molecule has 1 amide bonds. The highest BCUT2D eigenvalue weighted by Gasteiger charge is 2.18. The van der Waals surface area contributed by atoms with Gasteiger partial charge in [-0.25, -0.2) is 4.79 Å². The number of amides is 1. The number of anilines is 1. The summed E-state index contributed by atoms with van der Waals surface area (Å²) in [5.41, 5.74) is 1.22. The van der Waals surface area contributed by atoms with Crippen molar-refractivity contribution >= 4 is 23.6 Å². The van der Waals surface area contributed by atoms with Gasteiger partial charge >= 0.3 is 5.97 Å². The van der Waals surface area contributed by atoms with Gasteiger partial charge in [0, 0.05) is 6.08 Å². The first-order chi connectivity index (χ1) is 13.5. The van der Waals surface area contributed by atoms with Crippen molar-refractivity contribution in [2.75, 3.05) is 26.6 Å². The van der Waals surface area contributed by atoms with Crippen LogP contribution in [-0.4, -0.2) is 39.3 Å². The zero-order chi connectivity index (χ0) is 20.5. The molecule has 2 aromatic carbocycles. The van der Waals surface area contributed by atoms with Gasteiger partial charge < -0.3 is 24.3 Å². The summed E-state index contributed by atoms with van der Waals surface area (Å²) in [6, 6.07) is 12.2. The van der Waals surface area contributed by atoms with Crippen molar-refractivity contribution in [1.29, 1.82) is 0 Å². The van der Waals surface area contributed by atoms with E-state index in [0.717, 1.165) is 5.56 Å². The molecule has 0 aliphatic rings. The van der Waals surface area contributed by atoms with E-state index in [2.05, 4.69) is 5.32 Å². The maximum Gasteiger partial charge on any atom is 0.331 e. The molecule has 1 N–H and O–H groups in total. The van der Waals surface area contributed by atoms with Crippen molar-refractivity contribution in [3.8, 4) is 17.2 Å². The largest absolute Gasteiger partial charge is 0.495 e. The quantitative estimate of drug-likeness (QED) is 0.555. The second kappa shape index (κ2) is 10.0. The molecule has 0 aliphatic carbocycles. The van der Waals surface area contributed by atoms with E-state index < -0.39 is 18.0 Å². The van der Waals surface area contributed by atoms with Gasteiger partial charge in [0.2, 0.25) is 0 Å². The average Bonchev–Trinajstić information content (AvgIpc) is 2.72. The van der Waals surface area contributed by atoms with Crippen molar-refractivity contribution in [3.05, 3.63) is 54.1 Å². The van der Waals surface area contributed by atoms with Crippen molar-refractivity contribution in [2.24, 2.45) is 0 Å². The molecule has 148 valence electrons. The van der Waals surface area contributed by atoms with E-state index >= 15 is 0 Å². The highest BCUT2D eigenvalue weighted by atomic mass is 16.5. The number of methoxy groups -OCH3 is 3. The zero-order valence-electron chi connectivity index (χ0n) is 16.2. The number of hydrogen-bond donors (Lipinski definition) is 1. The molecule has 0 heterocycles. The summed E-state index contributed by atoms with van der Waals surface area (Å²) in [5, 5.41) is 2.67. The standard InChI is InChI=1S/C21H23NO6/c1-14(21(24)22-16-7-5-6-8-17(16)25-2)28-20(23)12-10-15-9-11-18(26-3)19(13-15)27-4/h5-14H,1-4H3,(H,22,24)/b12-10+/t14-/m0/s1. The predicted molar refractivity (Wildman–Crippen MR) is 106 cm³/mol. The Morgan fingerprint density at radius 2 is 1.61 bits per heavy atom. The highest BCUT2D eigenvalue weighted by molar-refractivity contribution is 5.97. The van der Waals surface area contributed by atoms with Gasteiger partial charge in [-0.15, -0.1) is 0 Å². The van der Waals surface area contributed by atoms with E-state index in [-0.39, 0.29) is 0 Å². The molecule has 0 unspecified atom stereocenters. The molecule has 1 atom stereocenters. The van der Waals surface area contributed by atoms with E-state index in [9.17, 15) is 9.59 Å². The van der Waals surface area contributed by atoms with Gasteiger partial charge in [-0.2, -0.15) is 0 Å². The second-order valence-electron chi connectivity index (χ2n) is 5.72. The molecule has 0 fully saturated rings. The van der Waals surface area contributed by atoms with E-state index in [0.29, 0.717) is 22.9 Å². The second-order valence-corrected chi connectivity index (χ2v) is 5.72. The monoisotopic (exact) mass is 385 g/mol. The molecule has 7 heteroatoms. The lowest BCUT2D eigenvalue weighted by atomic mass is 10.2. The molecular weight excluding hydrogens is 362 g/mol. The van der Waals surface area contributed by atoms with Crippen molar-refractivity contribution in [1.82, 2.24) is 0 Å². The molecular formula is C21H23NO6. The third kappa shape index (κ3) is 5.51. The SMILES string of the molecule is COc1ccccc1NC(=O)[C@H](C)OC(=O)/C=C/c1ccc(OC)c(OC)c1. The summed E-state index contributed by atoms with van der Waals surface area (Å²) >= 11 is 0. The summed E-state index contributed by atoms with van der Waals surface area (Å²) in [5.74, 6) is 0.545. The number of carbonyl (C=O) groups is 2. The van der Waals surface area contributed by atoms with Gasteiger partial charge in [0.25, 0.3) is 5.91 Å². The minimum atomic E-state index is -0.979. The highest BCUT2D eigenvalue weighted by Crippen LogP contribution is 2.28. The average molecular weight is 385 g/mol. The lowest BCUT2D eigenvalue weighted by Crippen LogP contribution is -2.29. The Bertz CT molecular complexity index is 862. The smallest absolute Gasteiger partial charge is 0.331 e. The summed E-state index contributed by atoms with van der Waals surface area (Å²) in [6.45, 7) is 1.49. The first-order valence-corrected chi connectivity index (χ1v) is 8.53. The van der Waals surface area contributed by atoms with Crippen molar-refractivity contribution in [2.45, 2.75) is 13.0 Å². The Labute approximate surface area is 163 Å². The van der Waals surface area contributed by atoms with E-state index in [1.165, 1.54) is 27.2 Å². The topological polar surface area (TPSA) is 83.1 Å². The number of para-hydroxylation sites is 2. The van der Waals surface area contributed by atoms with Gasteiger partial charge in [-0.3, -0.25) is 4.79 Å². The van der Waals surface area contributed by atoms with Crippen LogP contribution in [0, 0.1) is 0 Å². The minimum Gasteiger partial charge on any atom is -0.495 e. The van der Waals surface area contributed by atoms with Crippen LogP contribution in [-0.2, 0) is 14.3 Å². The molecule has 0 bridgehead atoms. The first-order valence-electron chi connectivity index (χ1n) is 8.53. The number of ether oxygens (including phenoxy) is 4. The van der Waals surface area contributed by atoms with Crippen LogP contribution >= 0.6 is 0 Å². The number of hydrogen-bond acceptors (Lipinski definition) is 6. The Morgan fingerprint density at radius 3 is 2.29 bits per heavy atom. The molecule has 2 aromatic rings. The van der Waals surface area contributed by atoms with Crippen LogP contribution in [0.4, 0.5) is 5.69 Å². The Balaban J connectivity index is 1.96. The lowest BCUT2D eigenvalue weighted by molar-refractivity contribution is -0.148. The fourth-order valence-corrected chi connectivity index (χ4v) is 2.37. The molecule has 28 heavy (non-hydrogen) atoms. The molecule has 0 aromatic heterocycles. The molecule has 7 nitrogen and oxygen atoms in total. The van der Waals surface area contributed by atoms with E-state index in [1.807, 2.05) is 0 Å². The predicted octanol–water partition coefficient (Wildman–Crippen LogP) is 3.30. The molecule has 0 aliphatic heterocycles. The van der Waals surface area contributed by atoms with Crippen LogP contribution in [0.2, 0.25) is 0 Å². The van der Waals surface area contributed by atoms with Crippen LogP contribution in [0.15, 0.2) is 48.5 Å². The number of benzene rings is 2. The van der Waals surface area contributed by atoms with Crippen LogP contribution in [0.25, 0.3) is 6.08 Å². The molecule has 0 spiro atoms. The van der Waals surface area contributed by atoms with Crippen LogP contribution in [0.1, 0.15) is 12.5 Å². The minimum absolute atomic E-state index is 0.461. The maximum absolute atomic E-state index is 12.2. The van der Waals surface area contributed by atoms with Gasteiger partial charge in [0.15, 0.2) is 17.6 Å². The Morgan fingerprint density at radius 1 is 0.929 bits per heavy atom. The summed E-state index contributed by atoms with van der Waals surface area (Å²) < 4.78 is 20.7. The van der Waals surface area contributed by atoms with Crippen LogP contribution in [0.3, 0.4) is 0 Å². The zero-order valence-corrected chi connectivity index (χ0v) is 16.2. The summed E-state index contributed by atoms with van der Waals surface area (Å²) in [7, 11) is 4.58. The van der Waals surface area contributed by atoms with Gasteiger partial charge in [-0.1, -0.05) is 18.2 Å². The first kappa shape index (κ1) is 20.8. The third-order valence-corrected chi connectivity index (χ3v) is 3.85. The Kier molecular flexibility index (Phi) is 7.45. The van der Waals surface area contributed by atoms with Crippen LogP contribution in [0.5, 0.6) is 17.2 Å². The summed E-state index contributed by atoms with van der Waals surface area (Å²) in [4.78, 5) is 24.3. The van der Waals surface area contributed by atoms with Gasteiger partial charge in [0.05, 0.1) is 27.0 Å². The van der Waals surface area contributed by atoms with Crippen molar-refractivity contribution in [3.63, 3.8) is 0 Å². The molecule has 2 rings (SSSR count). The Hall–Kier alpha value is -3.48. The maximum atomic E-state index is 12.2. The van der Waals surface area contributed by atoms with Crippen LogP contribution < -0.4 is 19.5 Å². The number of rotatable bonds is 8. The number of esters is 1. The number of nitrogens with one attached hydrogen (secondary N) is 1. The fourth-order valence-electron chi connectivity index (χ4n) is 2.37. The molecule has 0 saturated heterocycles. The normalized spacial score (nSPS) is 11.6. The third-order valence-electron chi connectivity index (χ3n) is 3.85. The van der Waals surface area contributed by atoms with Gasteiger partial charge in [0.1, 0.15) is 5.75 Å². The lowest BCUT2D eigenvalue weighted by Gasteiger charge is -2.14. The molecule has 0 saturated carbocycles.